The first kappa shape index (κ1) is 12.9. The Bertz CT molecular complexity index is 482. The molecule has 0 spiro atoms. The molecule has 2 N–H and O–H groups in total. The lowest BCUT2D eigenvalue weighted by molar-refractivity contribution is -0.123. The van der Waals surface area contributed by atoms with Crippen LogP contribution in [0.5, 0.6) is 5.75 Å². The highest BCUT2D eigenvalue weighted by Crippen LogP contribution is 2.40. The number of hydrogen-bond donors (Lipinski definition) is 2. The van der Waals surface area contributed by atoms with E-state index in [0.717, 1.165) is 16.9 Å². The second kappa shape index (κ2) is 4.28. The molecular weight excluding hydrogens is 230 g/mol. The van der Waals surface area contributed by atoms with Crippen LogP contribution in [0.25, 0.3) is 0 Å². The van der Waals surface area contributed by atoms with Crippen molar-refractivity contribution in [1.29, 1.82) is 0 Å². The number of aryl methyl sites for hydroxylation is 1. The van der Waals surface area contributed by atoms with Crippen LogP contribution >= 0.6 is 0 Å². The molecule has 1 heterocycles. The van der Waals surface area contributed by atoms with Gasteiger partial charge >= 0.3 is 0 Å². The molecule has 0 aromatic heterocycles. The third-order valence-corrected chi connectivity index (χ3v) is 3.26. The fourth-order valence-corrected chi connectivity index (χ4v) is 2.29. The van der Waals surface area contributed by atoms with E-state index in [2.05, 4.69) is 5.32 Å². The summed E-state index contributed by atoms with van der Waals surface area (Å²) in [5.41, 5.74) is 1.17. The van der Waals surface area contributed by atoms with E-state index in [9.17, 15) is 9.90 Å². The van der Waals surface area contributed by atoms with Crippen molar-refractivity contribution < 1.29 is 14.6 Å². The molecule has 2 atom stereocenters. The van der Waals surface area contributed by atoms with Gasteiger partial charge in [0.1, 0.15) is 17.5 Å². The average Bonchev–Trinajstić information content (AvgIpc) is 2.25. The largest absolute Gasteiger partial charge is 0.485 e. The number of aliphatic hydroxyl groups is 1. The minimum Gasteiger partial charge on any atom is -0.485 e. The zero-order valence-electron chi connectivity index (χ0n) is 11.2. The van der Waals surface area contributed by atoms with Crippen LogP contribution in [0.4, 0.5) is 0 Å². The summed E-state index contributed by atoms with van der Waals surface area (Å²) in [7, 11) is 0. The molecular formula is C14H19NO3. The SMILES string of the molecule is CC(=O)N[C@@H]1c2cc(C)ccc2OC(C)(C)[C@H]1O. The van der Waals surface area contributed by atoms with Crippen LogP contribution in [0.2, 0.25) is 0 Å². The van der Waals surface area contributed by atoms with Gasteiger partial charge in [-0.05, 0) is 26.8 Å². The molecule has 0 radical (unpaired) electrons. The van der Waals surface area contributed by atoms with Crippen LogP contribution < -0.4 is 10.1 Å². The number of benzene rings is 1. The summed E-state index contributed by atoms with van der Waals surface area (Å²) in [4.78, 5) is 11.3. The van der Waals surface area contributed by atoms with E-state index in [4.69, 9.17) is 4.74 Å². The highest BCUT2D eigenvalue weighted by molar-refractivity contribution is 5.74. The van der Waals surface area contributed by atoms with Crippen molar-refractivity contribution in [1.82, 2.24) is 5.32 Å². The maximum atomic E-state index is 11.3. The maximum Gasteiger partial charge on any atom is 0.217 e. The predicted molar refractivity (Wildman–Crippen MR) is 68.5 cm³/mol. The van der Waals surface area contributed by atoms with E-state index in [-0.39, 0.29) is 5.91 Å². The van der Waals surface area contributed by atoms with Crippen LogP contribution in [-0.4, -0.2) is 22.7 Å². The maximum absolute atomic E-state index is 11.3. The van der Waals surface area contributed by atoms with E-state index in [1.165, 1.54) is 6.92 Å². The second-order valence-corrected chi connectivity index (χ2v) is 5.37. The molecule has 1 aromatic rings. The lowest BCUT2D eigenvalue weighted by atomic mass is 9.86. The van der Waals surface area contributed by atoms with E-state index in [1.807, 2.05) is 39.0 Å². The smallest absolute Gasteiger partial charge is 0.217 e. The van der Waals surface area contributed by atoms with Crippen molar-refractivity contribution in [3.05, 3.63) is 29.3 Å². The van der Waals surface area contributed by atoms with Gasteiger partial charge in [0, 0.05) is 12.5 Å². The van der Waals surface area contributed by atoms with Crippen LogP contribution in [0, 0.1) is 6.92 Å². The molecule has 0 saturated carbocycles. The van der Waals surface area contributed by atoms with Crippen molar-refractivity contribution in [2.75, 3.05) is 0 Å². The predicted octanol–water partition coefficient (Wildman–Crippen LogP) is 1.70. The average molecular weight is 249 g/mol. The van der Waals surface area contributed by atoms with Crippen molar-refractivity contribution in [3.63, 3.8) is 0 Å². The van der Waals surface area contributed by atoms with Crippen LogP contribution in [-0.2, 0) is 4.79 Å². The molecule has 0 bridgehead atoms. The van der Waals surface area contributed by atoms with E-state index >= 15 is 0 Å². The highest BCUT2D eigenvalue weighted by Gasteiger charge is 2.43. The number of carbonyl (C=O) groups excluding carboxylic acids is 1. The summed E-state index contributed by atoms with van der Waals surface area (Å²) in [6.45, 7) is 7.05. The van der Waals surface area contributed by atoms with Gasteiger partial charge in [-0.3, -0.25) is 4.79 Å². The van der Waals surface area contributed by atoms with Gasteiger partial charge in [0.15, 0.2) is 0 Å². The first-order chi connectivity index (χ1) is 8.31. The minimum atomic E-state index is -0.782. The first-order valence-electron chi connectivity index (χ1n) is 6.06. The summed E-state index contributed by atoms with van der Waals surface area (Å²) in [5.74, 6) is 0.554. The van der Waals surface area contributed by atoms with Gasteiger partial charge in [0.05, 0.1) is 6.04 Å². The lowest BCUT2D eigenvalue weighted by Gasteiger charge is -2.42. The van der Waals surface area contributed by atoms with Gasteiger partial charge < -0.3 is 15.2 Å². The van der Waals surface area contributed by atoms with Gasteiger partial charge in [-0.2, -0.15) is 0 Å². The Kier molecular flexibility index (Phi) is 3.07. The Morgan fingerprint density at radius 3 is 2.72 bits per heavy atom. The van der Waals surface area contributed by atoms with Crippen molar-refractivity contribution in [2.45, 2.75) is 45.4 Å². The Morgan fingerprint density at radius 2 is 2.11 bits per heavy atom. The minimum absolute atomic E-state index is 0.163. The van der Waals surface area contributed by atoms with Crippen molar-refractivity contribution in [2.24, 2.45) is 0 Å². The Hall–Kier alpha value is -1.55. The van der Waals surface area contributed by atoms with Gasteiger partial charge in [0.2, 0.25) is 5.91 Å². The molecule has 0 aliphatic carbocycles. The second-order valence-electron chi connectivity index (χ2n) is 5.37. The molecule has 4 nitrogen and oxygen atoms in total. The Morgan fingerprint density at radius 1 is 1.44 bits per heavy atom. The van der Waals surface area contributed by atoms with Gasteiger partial charge in [-0.25, -0.2) is 0 Å². The molecule has 2 rings (SSSR count). The molecule has 0 fully saturated rings. The molecule has 98 valence electrons. The lowest BCUT2D eigenvalue weighted by Crippen LogP contribution is -2.53. The Labute approximate surface area is 107 Å². The van der Waals surface area contributed by atoms with Gasteiger partial charge in [-0.15, -0.1) is 0 Å². The quantitative estimate of drug-likeness (QED) is 0.796. The number of fused-ring (bicyclic) bond motifs is 1. The first-order valence-corrected chi connectivity index (χ1v) is 6.06. The number of hydrogen-bond acceptors (Lipinski definition) is 3. The van der Waals surface area contributed by atoms with E-state index in [1.54, 1.807) is 0 Å². The standard InChI is InChI=1S/C14H19NO3/c1-8-5-6-11-10(7-8)12(15-9(2)16)13(17)14(3,4)18-11/h5-7,12-13,17H,1-4H3,(H,15,16)/t12-,13+/m1/s1. The van der Waals surface area contributed by atoms with Crippen LogP contribution in [0.15, 0.2) is 18.2 Å². The van der Waals surface area contributed by atoms with Gasteiger partial charge in [0.25, 0.3) is 0 Å². The van der Waals surface area contributed by atoms with E-state index in [0.29, 0.717) is 0 Å². The molecule has 1 aliphatic rings. The third-order valence-electron chi connectivity index (χ3n) is 3.26. The molecule has 18 heavy (non-hydrogen) atoms. The third kappa shape index (κ3) is 2.20. The van der Waals surface area contributed by atoms with Gasteiger partial charge in [-0.1, -0.05) is 17.7 Å². The van der Waals surface area contributed by atoms with Crippen LogP contribution in [0.1, 0.15) is 37.9 Å². The number of ether oxygens (including phenoxy) is 1. The van der Waals surface area contributed by atoms with Crippen molar-refractivity contribution in [3.8, 4) is 5.75 Å². The molecule has 0 saturated heterocycles. The molecule has 4 heteroatoms. The molecule has 1 amide bonds. The van der Waals surface area contributed by atoms with Crippen molar-refractivity contribution >= 4 is 5.91 Å². The highest BCUT2D eigenvalue weighted by atomic mass is 16.5. The molecule has 1 aliphatic heterocycles. The van der Waals surface area contributed by atoms with Crippen LogP contribution in [0.3, 0.4) is 0 Å². The summed E-state index contributed by atoms with van der Waals surface area (Å²) in [6.07, 6.45) is -0.782. The number of rotatable bonds is 1. The zero-order valence-corrected chi connectivity index (χ0v) is 11.2. The van der Waals surface area contributed by atoms with E-state index < -0.39 is 17.7 Å². The fraction of sp³-hybridized carbons (Fsp3) is 0.500. The summed E-state index contributed by atoms with van der Waals surface area (Å²) < 4.78 is 5.80. The zero-order chi connectivity index (χ0) is 13.5. The topological polar surface area (TPSA) is 58.6 Å². The summed E-state index contributed by atoms with van der Waals surface area (Å²) in [5, 5.41) is 13.1. The summed E-state index contributed by atoms with van der Waals surface area (Å²) in [6, 6.07) is 5.35. The fourth-order valence-electron chi connectivity index (χ4n) is 2.29. The normalized spacial score (nSPS) is 24.9. The number of aliphatic hydroxyl groups excluding tert-OH is 1. The Balaban J connectivity index is 2.49. The number of nitrogens with one attached hydrogen (secondary N) is 1. The molecule has 0 unspecified atom stereocenters. The molecule has 1 aromatic carbocycles. The monoisotopic (exact) mass is 249 g/mol. The summed E-state index contributed by atoms with van der Waals surface area (Å²) >= 11 is 0. The number of amides is 1. The number of carbonyl (C=O) groups is 1.